The first kappa shape index (κ1) is 15.4. The van der Waals surface area contributed by atoms with Crippen molar-refractivity contribution in [3.8, 4) is 17.2 Å². The Morgan fingerprint density at radius 3 is 2.88 bits per heavy atom. The van der Waals surface area contributed by atoms with Crippen LogP contribution in [0.2, 0.25) is 0 Å². The van der Waals surface area contributed by atoms with Gasteiger partial charge in [-0.15, -0.1) is 0 Å². The van der Waals surface area contributed by atoms with Crippen LogP contribution in [0.1, 0.15) is 29.9 Å². The molecule has 1 fully saturated rings. The zero-order valence-electron chi connectivity index (χ0n) is 13.2. The number of rotatable bonds is 4. The van der Waals surface area contributed by atoms with E-state index in [9.17, 15) is 14.7 Å². The number of carbonyl (C=O) groups is 2. The summed E-state index contributed by atoms with van der Waals surface area (Å²) in [6, 6.07) is 6.54. The number of carbonyl (C=O) groups excluding carboxylic acids is 1. The first-order valence-electron chi connectivity index (χ1n) is 8.04. The Labute approximate surface area is 143 Å². The molecule has 25 heavy (non-hydrogen) atoms. The standard InChI is InChI=1S/C18H16N2O5/c21-14-3-1-9(7-12(14)11-8-13(11)18(23)24)25-15-5-6-19-17-10(15)2-4-16(22)20-17/h1,3,5-7,11,13,21H,2,4,8H2,(H,23,24)(H,19,20,22). The van der Waals surface area contributed by atoms with Gasteiger partial charge in [0.05, 0.1) is 5.92 Å². The summed E-state index contributed by atoms with van der Waals surface area (Å²) >= 11 is 0. The number of nitrogens with one attached hydrogen (secondary N) is 1. The molecule has 1 amide bonds. The zero-order valence-corrected chi connectivity index (χ0v) is 13.2. The van der Waals surface area contributed by atoms with E-state index in [1.807, 2.05) is 0 Å². The van der Waals surface area contributed by atoms with Crippen LogP contribution in [-0.2, 0) is 16.0 Å². The van der Waals surface area contributed by atoms with Crippen LogP contribution in [0, 0.1) is 5.92 Å². The fourth-order valence-electron chi connectivity index (χ4n) is 3.18. The molecule has 1 saturated carbocycles. The number of aliphatic carboxylic acids is 1. The number of amides is 1. The summed E-state index contributed by atoms with van der Waals surface area (Å²) in [5, 5.41) is 21.8. The van der Waals surface area contributed by atoms with E-state index >= 15 is 0 Å². The molecule has 4 rings (SSSR count). The predicted molar refractivity (Wildman–Crippen MR) is 87.9 cm³/mol. The minimum Gasteiger partial charge on any atom is -0.508 e. The SMILES string of the molecule is O=C1CCc2c(Oc3ccc(O)c(C4CC4C(=O)O)c3)ccnc2N1. The second-order valence-electron chi connectivity index (χ2n) is 6.29. The van der Waals surface area contributed by atoms with Gasteiger partial charge in [0, 0.05) is 29.7 Å². The minimum atomic E-state index is -0.852. The van der Waals surface area contributed by atoms with Gasteiger partial charge in [0.25, 0.3) is 0 Å². The van der Waals surface area contributed by atoms with Gasteiger partial charge in [-0.25, -0.2) is 4.98 Å². The van der Waals surface area contributed by atoms with Crippen LogP contribution in [0.5, 0.6) is 17.2 Å². The molecule has 0 radical (unpaired) electrons. The molecule has 2 heterocycles. The number of hydrogen-bond acceptors (Lipinski definition) is 5. The number of phenolic OH excluding ortho intramolecular Hbond substituents is 1. The van der Waals surface area contributed by atoms with E-state index in [2.05, 4.69) is 10.3 Å². The number of pyridine rings is 1. The molecule has 2 aromatic rings. The van der Waals surface area contributed by atoms with Crippen LogP contribution in [0.4, 0.5) is 5.82 Å². The molecular formula is C18H16N2O5. The van der Waals surface area contributed by atoms with Crippen molar-refractivity contribution in [2.75, 3.05) is 5.32 Å². The number of benzene rings is 1. The molecule has 1 aromatic heterocycles. The summed E-state index contributed by atoms with van der Waals surface area (Å²) in [4.78, 5) is 26.7. The van der Waals surface area contributed by atoms with E-state index in [1.54, 1.807) is 24.4 Å². The summed E-state index contributed by atoms with van der Waals surface area (Å²) in [5.74, 6) is 0.108. The van der Waals surface area contributed by atoms with Gasteiger partial charge >= 0.3 is 5.97 Å². The minimum absolute atomic E-state index is 0.0717. The molecule has 2 unspecified atom stereocenters. The monoisotopic (exact) mass is 340 g/mol. The maximum atomic E-state index is 11.5. The number of fused-ring (bicyclic) bond motifs is 1. The van der Waals surface area contributed by atoms with E-state index in [1.165, 1.54) is 6.07 Å². The molecule has 0 spiro atoms. The van der Waals surface area contributed by atoms with Crippen LogP contribution in [-0.4, -0.2) is 27.1 Å². The second kappa shape index (κ2) is 5.77. The Bertz CT molecular complexity index is 880. The molecule has 0 bridgehead atoms. The van der Waals surface area contributed by atoms with Crippen LogP contribution in [0.15, 0.2) is 30.5 Å². The smallest absolute Gasteiger partial charge is 0.307 e. The molecule has 7 nitrogen and oxygen atoms in total. The summed E-state index contributed by atoms with van der Waals surface area (Å²) in [5.41, 5.74) is 1.41. The lowest BCUT2D eigenvalue weighted by Crippen LogP contribution is -2.20. The molecule has 1 aliphatic carbocycles. The Kier molecular flexibility index (Phi) is 3.56. The molecule has 2 atom stereocenters. The number of carboxylic acid groups (broad SMARTS) is 1. The summed E-state index contributed by atoms with van der Waals surface area (Å²) in [6.07, 6.45) is 2.99. The lowest BCUT2D eigenvalue weighted by Gasteiger charge is -2.19. The van der Waals surface area contributed by atoms with E-state index in [4.69, 9.17) is 9.84 Å². The Balaban J connectivity index is 1.61. The molecule has 0 saturated heterocycles. The highest BCUT2D eigenvalue weighted by Gasteiger charge is 2.45. The van der Waals surface area contributed by atoms with Crippen molar-refractivity contribution in [1.82, 2.24) is 4.98 Å². The van der Waals surface area contributed by atoms with Crippen molar-refractivity contribution in [3.05, 3.63) is 41.6 Å². The second-order valence-corrected chi connectivity index (χ2v) is 6.29. The topological polar surface area (TPSA) is 109 Å². The average Bonchev–Trinajstić information content (AvgIpc) is 3.37. The maximum absolute atomic E-state index is 11.5. The van der Waals surface area contributed by atoms with Gasteiger partial charge in [0.15, 0.2) is 0 Å². The quantitative estimate of drug-likeness (QED) is 0.789. The molecule has 1 aromatic carbocycles. The third-order valence-electron chi connectivity index (χ3n) is 4.61. The average molecular weight is 340 g/mol. The van der Waals surface area contributed by atoms with Crippen molar-refractivity contribution in [2.45, 2.75) is 25.2 Å². The number of ether oxygens (including phenoxy) is 1. The summed E-state index contributed by atoms with van der Waals surface area (Å²) < 4.78 is 5.93. The van der Waals surface area contributed by atoms with Crippen molar-refractivity contribution in [3.63, 3.8) is 0 Å². The maximum Gasteiger partial charge on any atom is 0.307 e. The van der Waals surface area contributed by atoms with Crippen molar-refractivity contribution in [1.29, 1.82) is 0 Å². The van der Waals surface area contributed by atoms with Gasteiger partial charge in [-0.3, -0.25) is 9.59 Å². The van der Waals surface area contributed by atoms with Gasteiger partial charge in [-0.1, -0.05) is 0 Å². The first-order chi connectivity index (χ1) is 12.0. The van der Waals surface area contributed by atoms with Crippen molar-refractivity contribution in [2.24, 2.45) is 5.92 Å². The Hall–Kier alpha value is -3.09. The third kappa shape index (κ3) is 2.88. The number of nitrogens with zero attached hydrogens (tertiary/aromatic N) is 1. The van der Waals surface area contributed by atoms with Crippen LogP contribution >= 0.6 is 0 Å². The van der Waals surface area contributed by atoms with Gasteiger partial charge in [0.2, 0.25) is 5.91 Å². The highest BCUT2D eigenvalue weighted by molar-refractivity contribution is 5.93. The van der Waals surface area contributed by atoms with Gasteiger partial charge in [-0.2, -0.15) is 0 Å². The molecule has 128 valence electrons. The van der Waals surface area contributed by atoms with Gasteiger partial charge < -0.3 is 20.3 Å². The number of phenols is 1. The van der Waals surface area contributed by atoms with Crippen LogP contribution in [0.3, 0.4) is 0 Å². The highest BCUT2D eigenvalue weighted by Crippen LogP contribution is 2.51. The van der Waals surface area contributed by atoms with E-state index in [0.717, 1.165) is 5.56 Å². The van der Waals surface area contributed by atoms with Gasteiger partial charge in [-0.05, 0) is 37.1 Å². The molecule has 7 heteroatoms. The summed E-state index contributed by atoms with van der Waals surface area (Å²) in [6.45, 7) is 0. The molecule has 1 aliphatic heterocycles. The number of anilines is 1. The molecule has 3 N–H and O–H groups in total. The van der Waals surface area contributed by atoms with E-state index < -0.39 is 11.9 Å². The molecular weight excluding hydrogens is 324 g/mol. The fourth-order valence-corrected chi connectivity index (χ4v) is 3.18. The van der Waals surface area contributed by atoms with E-state index in [-0.39, 0.29) is 17.6 Å². The van der Waals surface area contributed by atoms with Crippen LogP contribution < -0.4 is 10.1 Å². The number of carboxylic acids is 1. The fraction of sp³-hybridized carbons (Fsp3) is 0.278. The van der Waals surface area contributed by atoms with Gasteiger partial charge in [0.1, 0.15) is 23.1 Å². The van der Waals surface area contributed by atoms with E-state index in [0.29, 0.717) is 42.1 Å². The largest absolute Gasteiger partial charge is 0.508 e. The number of hydrogen-bond donors (Lipinski definition) is 3. The zero-order chi connectivity index (χ0) is 17.6. The van der Waals surface area contributed by atoms with Crippen LogP contribution in [0.25, 0.3) is 0 Å². The Morgan fingerprint density at radius 1 is 1.28 bits per heavy atom. The summed E-state index contributed by atoms with van der Waals surface area (Å²) in [7, 11) is 0. The van der Waals surface area contributed by atoms with Crippen molar-refractivity contribution >= 4 is 17.7 Å². The van der Waals surface area contributed by atoms with Crippen molar-refractivity contribution < 1.29 is 24.5 Å². The molecule has 2 aliphatic rings. The lowest BCUT2D eigenvalue weighted by molar-refractivity contribution is -0.138. The number of aromatic hydroxyl groups is 1. The normalized spacial score (nSPS) is 21.2. The predicted octanol–water partition coefficient (Wildman–Crippen LogP) is 2.65. The first-order valence-corrected chi connectivity index (χ1v) is 8.04. The third-order valence-corrected chi connectivity index (χ3v) is 4.61. The Morgan fingerprint density at radius 2 is 2.12 bits per heavy atom. The number of aromatic nitrogens is 1. The highest BCUT2D eigenvalue weighted by atomic mass is 16.5. The lowest BCUT2D eigenvalue weighted by atomic mass is 10.1.